The van der Waals surface area contributed by atoms with E-state index in [0.717, 1.165) is 25.7 Å². The molecule has 1 unspecified atom stereocenters. The molecule has 4 fully saturated rings. The lowest BCUT2D eigenvalue weighted by Gasteiger charge is -2.72. The maximum Gasteiger partial charge on any atom is 0.313 e. The van der Waals surface area contributed by atoms with E-state index in [1.165, 1.54) is 31.8 Å². The molecule has 5 nitrogen and oxygen atoms in total. The summed E-state index contributed by atoms with van der Waals surface area (Å²) < 4.78 is 5.65. The van der Waals surface area contributed by atoms with E-state index < -0.39 is 29.6 Å². The standard InChI is InChI=1S/C32H50O5/c1-18-9-12-28(4)15-16-30(6)21(25(28)19(18)2)17-22(34)26-29(5)13-11-24(37-20(3)33)32(8,27(35)36)23(29)10-14-31(26,30)7/h17-19,22-26,34H,9-16H2,1-8H3,(H,35,36)/t18-,19+,22-,23?,24-,25+,26-,28-,29+,30-,31-,32-/m1/s1. The van der Waals surface area contributed by atoms with Crippen LogP contribution >= 0.6 is 0 Å². The lowest BCUT2D eigenvalue weighted by atomic mass is 9.33. The van der Waals surface area contributed by atoms with E-state index in [2.05, 4.69) is 47.6 Å². The van der Waals surface area contributed by atoms with Crippen LogP contribution in [-0.2, 0) is 14.3 Å². The van der Waals surface area contributed by atoms with Crippen LogP contribution in [0.25, 0.3) is 0 Å². The Balaban J connectivity index is 1.61. The van der Waals surface area contributed by atoms with Crippen molar-refractivity contribution in [3.8, 4) is 0 Å². The smallest absolute Gasteiger partial charge is 0.313 e. The minimum Gasteiger partial charge on any atom is -0.481 e. The number of carbonyl (C=O) groups is 2. The van der Waals surface area contributed by atoms with E-state index in [-0.39, 0.29) is 28.1 Å². The first-order valence-corrected chi connectivity index (χ1v) is 14.9. The number of hydrogen-bond acceptors (Lipinski definition) is 4. The highest BCUT2D eigenvalue weighted by atomic mass is 16.5. The topological polar surface area (TPSA) is 83.8 Å². The summed E-state index contributed by atoms with van der Waals surface area (Å²) in [5.74, 6) is 0.292. The molecule has 0 aromatic heterocycles. The molecular weight excluding hydrogens is 464 g/mol. The number of fused-ring (bicyclic) bond motifs is 7. The summed E-state index contributed by atoms with van der Waals surface area (Å²) in [6, 6.07) is 0. The van der Waals surface area contributed by atoms with Crippen molar-refractivity contribution in [3.63, 3.8) is 0 Å². The Morgan fingerprint density at radius 1 is 0.946 bits per heavy atom. The Morgan fingerprint density at radius 3 is 2.24 bits per heavy atom. The fourth-order valence-corrected chi connectivity index (χ4v) is 11.3. The number of carbonyl (C=O) groups excluding carboxylic acids is 1. The molecule has 0 heterocycles. The van der Waals surface area contributed by atoms with Crippen molar-refractivity contribution in [1.29, 1.82) is 0 Å². The minimum absolute atomic E-state index is 0.00721. The second-order valence-electron chi connectivity index (χ2n) is 15.2. The molecule has 4 saturated carbocycles. The minimum atomic E-state index is -1.16. The number of carboxylic acids is 1. The fourth-order valence-electron chi connectivity index (χ4n) is 11.3. The summed E-state index contributed by atoms with van der Waals surface area (Å²) in [7, 11) is 0. The summed E-state index contributed by atoms with van der Waals surface area (Å²) in [6.07, 6.45) is 8.93. The molecule has 0 radical (unpaired) electrons. The highest BCUT2D eigenvalue weighted by molar-refractivity contribution is 5.77. The third kappa shape index (κ3) is 3.37. The number of rotatable bonds is 2. The van der Waals surface area contributed by atoms with Crippen molar-refractivity contribution < 1.29 is 24.5 Å². The van der Waals surface area contributed by atoms with Crippen LogP contribution in [0, 0.1) is 56.7 Å². The third-order valence-electron chi connectivity index (χ3n) is 13.7. The molecule has 0 aliphatic heterocycles. The summed E-state index contributed by atoms with van der Waals surface area (Å²) in [4.78, 5) is 24.8. The van der Waals surface area contributed by atoms with Crippen LogP contribution in [0.1, 0.15) is 107 Å². The zero-order valence-corrected chi connectivity index (χ0v) is 24.4. The van der Waals surface area contributed by atoms with Gasteiger partial charge in [0.15, 0.2) is 0 Å². The molecule has 5 aliphatic rings. The van der Waals surface area contributed by atoms with Gasteiger partial charge in [-0.3, -0.25) is 9.59 Å². The van der Waals surface area contributed by atoms with Crippen LogP contribution in [0.3, 0.4) is 0 Å². The van der Waals surface area contributed by atoms with Gasteiger partial charge in [0.2, 0.25) is 0 Å². The predicted octanol–water partition coefficient (Wildman–Crippen LogP) is 6.63. The number of allylic oxidation sites excluding steroid dienone is 1. The quantitative estimate of drug-likeness (QED) is 0.319. The Bertz CT molecular complexity index is 1020. The van der Waals surface area contributed by atoms with E-state index in [1.54, 1.807) is 6.92 Å². The lowest BCUT2D eigenvalue weighted by Crippen LogP contribution is -2.69. The molecule has 0 aromatic carbocycles. The van der Waals surface area contributed by atoms with Crippen molar-refractivity contribution in [2.24, 2.45) is 56.7 Å². The van der Waals surface area contributed by atoms with Crippen molar-refractivity contribution >= 4 is 11.9 Å². The zero-order chi connectivity index (χ0) is 27.3. The summed E-state index contributed by atoms with van der Waals surface area (Å²) >= 11 is 0. The van der Waals surface area contributed by atoms with Gasteiger partial charge in [-0.05, 0) is 104 Å². The second-order valence-corrected chi connectivity index (χ2v) is 15.2. The maximum atomic E-state index is 12.9. The van der Waals surface area contributed by atoms with Gasteiger partial charge in [-0.25, -0.2) is 0 Å². The zero-order valence-electron chi connectivity index (χ0n) is 24.4. The molecule has 0 aromatic rings. The number of esters is 1. The molecule has 0 spiro atoms. The van der Waals surface area contributed by atoms with Crippen molar-refractivity contribution in [2.75, 3.05) is 0 Å². The molecule has 37 heavy (non-hydrogen) atoms. The predicted molar refractivity (Wildman–Crippen MR) is 144 cm³/mol. The lowest BCUT2D eigenvalue weighted by molar-refractivity contribution is -0.237. The SMILES string of the molecule is CC(=O)O[C@@H]1CC[C@@]2(C)C(CC[C@]3(C)[C@@H]2[C@H](O)C=C2[C@@H]4[C@@H](C)[C@H](C)CC[C@]4(C)CC[C@]23C)[C@@]1(C)C(=O)O. The maximum absolute atomic E-state index is 12.9. The Labute approximate surface area is 223 Å². The Hall–Kier alpha value is -1.36. The van der Waals surface area contributed by atoms with Crippen LogP contribution in [-0.4, -0.2) is 34.4 Å². The van der Waals surface area contributed by atoms with Crippen molar-refractivity contribution in [3.05, 3.63) is 11.6 Å². The van der Waals surface area contributed by atoms with Gasteiger partial charge >= 0.3 is 11.9 Å². The van der Waals surface area contributed by atoms with Gasteiger partial charge in [0.05, 0.1) is 6.10 Å². The number of aliphatic hydroxyl groups excluding tert-OH is 1. The average Bonchev–Trinajstić information content (AvgIpc) is 2.79. The van der Waals surface area contributed by atoms with Gasteiger partial charge in [0, 0.05) is 12.8 Å². The molecule has 208 valence electrons. The van der Waals surface area contributed by atoms with Crippen molar-refractivity contribution in [2.45, 2.75) is 119 Å². The first-order valence-electron chi connectivity index (χ1n) is 14.9. The number of ether oxygens (including phenoxy) is 1. The molecule has 12 atom stereocenters. The molecule has 0 bridgehead atoms. The first kappa shape index (κ1) is 27.2. The highest BCUT2D eigenvalue weighted by Crippen LogP contribution is 2.75. The van der Waals surface area contributed by atoms with Gasteiger partial charge in [0.1, 0.15) is 11.5 Å². The number of aliphatic hydroxyl groups is 1. The molecule has 5 aliphatic carbocycles. The van der Waals surface area contributed by atoms with E-state index >= 15 is 0 Å². The normalized spacial score (nSPS) is 55.1. The number of hydrogen-bond donors (Lipinski definition) is 2. The Morgan fingerprint density at radius 2 is 1.62 bits per heavy atom. The Kier molecular flexibility index (Phi) is 6.12. The van der Waals surface area contributed by atoms with Crippen LogP contribution in [0.15, 0.2) is 11.6 Å². The molecule has 2 N–H and O–H groups in total. The summed E-state index contributed by atoms with van der Waals surface area (Å²) in [6.45, 7) is 17.6. The van der Waals surface area contributed by atoms with Crippen LogP contribution in [0.5, 0.6) is 0 Å². The number of aliphatic carboxylic acids is 1. The summed E-state index contributed by atoms with van der Waals surface area (Å²) in [5, 5.41) is 22.6. The molecule has 0 amide bonds. The fraction of sp³-hybridized carbons (Fsp3) is 0.875. The van der Waals surface area contributed by atoms with Gasteiger partial charge in [-0.1, -0.05) is 53.2 Å². The van der Waals surface area contributed by atoms with Gasteiger partial charge in [-0.15, -0.1) is 0 Å². The molecule has 5 heteroatoms. The van der Waals surface area contributed by atoms with Crippen LogP contribution in [0.2, 0.25) is 0 Å². The van der Waals surface area contributed by atoms with Crippen molar-refractivity contribution in [1.82, 2.24) is 0 Å². The second kappa shape index (κ2) is 8.32. The molecular formula is C32H50O5. The van der Waals surface area contributed by atoms with Gasteiger partial charge < -0.3 is 14.9 Å². The van der Waals surface area contributed by atoms with Gasteiger partial charge in [-0.2, -0.15) is 0 Å². The van der Waals surface area contributed by atoms with E-state index in [0.29, 0.717) is 29.6 Å². The van der Waals surface area contributed by atoms with Crippen LogP contribution < -0.4 is 0 Å². The van der Waals surface area contributed by atoms with E-state index in [1.807, 2.05) is 0 Å². The number of carboxylic acid groups (broad SMARTS) is 1. The third-order valence-corrected chi connectivity index (χ3v) is 13.7. The van der Waals surface area contributed by atoms with E-state index in [9.17, 15) is 19.8 Å². The molecule has 0 saturated heterocycles. The highest BCUT2D eigenvalue weighted by Gasteiger charge is 2.72. The van der Waals surface area contributed by atoms with Gasteiger partial charge in [0.25, 0.3) is 0 Å². The van der Waals surface area contributed by atoms with E-state index in [4.69, 9.17) is 4.74 Å². The van der Waals surface area contributed by atoms with Crippen LogP contribution in [0.4, 0.5) is 0 Å². The first-order chi connectivity index (χ1) is 17.1. The largest absolute Gasteiger partial charge is 0.481 e. The molecule has 5 rings (SSSR count). The monoisotopic (exact) mass is 514 g/mol. The summed E-state index contributed by atoms with van der Waals surface area (Å²) in [5.41, 5.74) is 0.161. The average molecular weight is 515 g/mol.